The zero-order chi connectivity index (χ0) is 12.6. The first-order chi connectivity index (χ1) is 7.91. The number of nitrogens with zero attached hydrogens (tertiary/aromatic N) is 1. The summed E-state index contributed by atoms with van der Waals surface area (Å²) in [6, 6.07) is 8.11. The predicted molar refractivity (Wildman–Crippen MR) is 56.1 cm³/mol. The number of nitrogens with one attached hydrogen (secondary N) is 1. The third-order valence-corrected chi connectivity index (χ3v) is 2.42. The van der Waals surface area contributed by atoms with Crippen LogP contribution in [0.5, 0.6) is 0 Å². The maximum absolute atomic E-state index is 12.6. The van der Waals surface area contributed by atoms with Gasteiger partial charge in [-0.25, -0.2) is 4.68 Å². The summed E-state index contributed by atoms with van der Waals surface area (Å²) in [5.74, 6) is 0. The van der Waals surface area contributed by atoms with Crippen LogP contribution in [0.25, 0.3) is 5.69 Å². The molecule has 0 amide bonds. The molecule has 0 aliphatic rings. The molecule has 2 aromatic rings. The minimum Gasteiger partial charge on any atom is -0.286 e. The maximum atomic E-state index is 12.6. The second-order valence-electron chi connectivity index (χ2n) is 3.59. The first kappa shape index (κ1) is 11.5. The number of alkyl halides is 3. The van der Waals surface area contributed by atoms with E-state index in [1.807, 2.05) is 0 Å². The summed E-state index contributed by atoms with van der Waals surface area (Å²) in [4.78, 5) is 11.7. The van der Waals surface area contributed by atoms with Crippen molar-refractivity contribution < 1.29 is 13.2 Å². The maximum Gasteiger partial charge on any atom is 0.433 e. The van der Waals surface area contributed by atoms with E-state index in [0.29, 0.717) is 5.69 Å². The van der Waals surface area contributed by atoms with Crippen LogP contribution in [-0.2, 0) is 6.18 Å². The molecule has 6 heteroatoms. The number of aromatic amines is 1. The van der Waals surface area contributed by atoms with Gasteiger partial charge in [-0.2, -0.15) is 13.2 Å². The van der Waals surface area contributed by atoms with Gasteiger partial charge in [-0.1, -0.05) is 18.2 Å². The summed E-state index contributed by atoms with van der Waals surface area (Å²) >= 11 is 0. The third-order valence-electron chi connectivity index (χ3n) is 2.42. The Kier molecular flexibility index (Phi) is 2.57. The first-order valence-corrected chi connectivity index (χ1v) is 4.85. The molecule has 3 nitrogen and oxygen atoms in total. The highest BCUT2D eigenvalue weighted by atomic mass is 19.4. The highest BCUT2D eigenvalue weighted by molar-refractivity contribution is 5.33. The van der Waals surface area contributed by atoms with Crippen LogP contribution in [0.4, 0.5) is 13.2 Å². The van der Waals surface area contributed by atoms with Crippen molar-refractivity contribution in [1.82, 2.24) is 9.78 Å². The zero-order valence-corrected chi connectivity index (χ0v) is 8.88. The molecule has 90 valence electrons. The third kappa shape index (κ3) is 1.98. The standard InChI is InChI=1S/C11H9F3N2O/c1-7-9(11(12,13)14)15-16(10(7)17)8-5-3-2-4-6-8/h2-6,15H,1H3. The zero-order valence-electron chi connectivity index (χ0n) is 8.88. The van der Waals surface area contributed by atoms with Crippen LogP contribution in [0.1, 0.15) is 11.3 Å². The molecule has 0 atom stereocenters. The van der Waals surface area contributed by atoms with E-state index in [9.17, 15) is 18.0 Å². The minimum atomic E-state index is -4.55. The van der Waals surface area contributed by atoms with E-state index in [-0.39, 0.29) is 5.56 Å². The van der Waals surface area contributed by atoms with Crippen LogP contribution in [-0.4, -0.2) is 9.78 Å². The van der Waals surface area contributed by atoms with E-state index in [4.69, 9.17) is 0 Å². The lowest BCUT2D eigenvalue weighted by molar-refractivity contribution is -0.141. The summed E-state index contributed by atoms with van der Waals surface area (Å²) in [7, 11) is 0. The Morgan fingerprint density at radius 3 is 2.24 bits per heavy atom. The summed E-state index contributed by atoms with van der Waals surface area (Å²) in [5, 5.41) is 2.09. The summed E-state index contributed by atoms with van der Waals surface area (Å²) in [5.41, 5.74) is -1.66. The Labute approximate surface area is 94.5 Å². The van der Waals surface area contributed by atoms with Crippen molar-refractivity contribution in [2.45, 2.75) is 13.1 Å². The van der Waals surface area contributed by atoms with Gasteiger partial charge in [0.1, 0.15) is 5.69 Å². The van der Waals surface area contributed by atoms with Crippen LogP contribution < -0.4 is 5.56 Å². The normalized spacial score (nSPS) is 11.8. The number of hydrogen-bond donors (Lipinski definition) is 1. The van der Waals surface area contributed by atoms with E-state index in [1.165, 1.54) is 0 Å². The molecule has 1 N–H and O–H groups in total. The van der Waals surface area contributed by atoms with Gasteiger partial charge in [-0.05, 0) is 19.1 Å². The highest BCUT2D eigenvalue weighted by Crippen LogP contribution is 2.29. The van der Waals surface area contributed by atoms with E-state index >= 15 is 0 Å². The van der Waals surface area contributed by atoms with Gasteiger partial charge in [0.25, 0.3) is 5.56 Å². The van der Waals surface area contributed by atoms with Crippen molar-refractivity contribution in [2.75, 3.05) is 0 Å². The fourth-order valence-electron chi connectivity index (χ4n) is 1.56. The number of H-pyrrole nitrogens is 1. The summed E-state index contributed by atoms with van der Waals surface area (Å²) < 4.78 is 38.6. The molecule has 0 bridgehead atoms. The fourth-order valence-corrected chi connectivity index (χ4v) is 1.56. The molecule has 0 radical (unpaired) electrons. The molecular formula is C11H9F3N2O. The molecule has 0 aliphatic heterocycles. The number of hydrogen-bond acceptors (Lipinski definition) is 1. The van der Waals surface area contributed by atoms with Crippen LogP contribution in [0.15, 0.2) is 35.1 Å². The first-order valence-electron chi connectivity index (χ1n) is 4.85. The summed E-state index contributed by atoms with van der Waals surface area (Å²) in [6.07, 6.45) is -4.55. The predicted octanol–water partition coefficient (Wildman–Crippen LogP) is 2.49. The molecule has 2 rings (SSSR count). The Balaban J connectivity index is 2.63. The van der Waals surface area contributed by atoms with Crippen LogP contribution in [0.2, 0.25) is 0 Å². The van der Waals surface area contributed by atoms with Gasteiger partial charge in [0.15, 0.2) is 0 Å². The molecule has 1 aromatic carbocycles. The topological polar surface area (TPSA) is 37.8 Å². The number of rotatable bonds is 1. The Bertz CT molecular complexity index is 581. The van der Waals surface area contributed by atoms with Crippen LogP contribution >= 0.6 is 0 Å². The monoisotopic (exact) mass is 242 g/mol. The lowest BCUT2D eigenvalue weighted by atomic mass is 10.2. The molecule has 0 aliphatic carbocycles. The molecule has 0 saturated heterocycles. The summed E-state index contributed by atoms with van der Waals surface area (Å²) in [6.45, 7) is 1.15. The molecule has 0 saturated carbocycles. The lowest BCUT2D eigenvalue weighted by Gasteiger charge is -2.04. The number of benzene rings is 1. The van der Waals surface area contributed by atoms with Crippen molar-refractivity contribution >= 4 is 0 Å². The average Bonchev–Trinajstić information content (AvgIpc) is 2.57. The van der Waals surface area contributed by atoms with Gasteiger partial charge in [0.05, 0.1) is 5.69 Å². The second kappa shape index (κ2) is 3.80. The molecule has 0 fully saturated rings. The Morgan fingerprint density at radius 2 is 1.76 bits per heavy atom. The smallest absolute Gasteiger partial charge is 0.286 e. The van der Waals surface area contributed by atoms with Gasteiger partial charge in [0.2, 0.25) is 0 Å². The van der Waals surface area contributed by atoms with E-state index in [0.717, 1.165) is 11.6 Å². The number of halogens is 3. The minimum absolute atomic E-state index is 0.332. The lowest BCUT2D eigenvalue weighted by Crippen LogP contribution is -2.15. The van der Waals surface area contributed by atoms with Crippen molar-refractivity contribution in [3.8, 4) is 5.69 Å². The highest BCUT2D eigenvalue weighted by Gasteiger charge is 2.36. The Morgan fingerprint density at radius 1 is 1.18 bits per heavy atom. The van der Waals surface area contributed by atoms with E-state index in [1.54, 1.807) is 30.3 Å². The molecule has 0 spiro atoms. The SMILES string of the molecule is Cc1c(C(F)(F)F)[nH]n(-c2ccccc2)c1=O. The molecule has 17 heavy (non-hydrogen) atoms. The average molecular weight is 242 g/mol. The number of aromatic nitrogens is 2. The quantitative estimate of drug-likeness (QED) is 0.819. The molecular weight excluding hydrogens is 233 g/mol. The molecule has 1 aromatic heterocycles. The van der Waals surface area contributed by atoms with Crippen LogP contribution in [0.3, 0.4) is 0 Å². The Hall–Kier alpha value is -1.98. The van der Waals surface area contributed by atoms with E-state index in [2.05, 4.69) is 5.10 Å². The van der Waals surface area contributed by atoms with Crippen molar-refractivity contribution in [3.05, 3.63) is 51.9 Å². The second-order valence-corrected chi connectivity index (χ2v) is 3.59. The van der Waals surface area contributed by atoms with Gasteiger partial charge in [-0.3, -0.25) is 9.89 Å². The van der Waals surface area contributed by atoms with E-state index < -0.39 is 17.4 Å². The fraction of sp³-hybridized carbons (Fsp3) is 0.182. The van der Waals surface area contributed by atoms with Gasteiger partial charge in [-0.15, -0.1) is 0 Å². The number of para-hydroxylation sites is 1. The van der Waals surface area contributed by atoms with Gasteiger partial charge >= 0.3 is 6.18 Å². The van der Waals surface area contributed by atoms with Crippen molar-refractivity contribution in [2.24, 2.45) is 0 Å². The van der Waals surface area contributed by atoms with Gasteiger partial charge in [0, 0.05) is 5.56 Å². The van der Waals surface area contributed by atoms with Crippen LogP contribution in [0, 0.1) is 6.92 Å². The largest absolute Gasteiger partial charge is 0.433 e. The van der Waals surface area contributed by atoms with Crippen molar-refractivity contribution in [1.29, 1.82) is 0 Å². The molecule has 1 heterocycles. The van der Waals surface area contributed by atoms with Gasteiger partial charge < -0.3 is 0 Å². The van der Waals surface area contributed by atoms with Crippen molar-refractivity contribution in [3.63, 3.8) is 0 Å². The molecule has 0 unspecified atom stereocenters.